The largest absolute Gasteiger partial charge is 0.493 e. The van der Waals surface area contributed by atoms with E-state index in [1.54, 1.807) is 6.07 Å². The zero-order valence-electron chi connectivity index (χ0n) is 11.2. The molecule has 0 radical (unpaired) electrons. The van der Waals surface area contributed by atoms with Crippen LogP contribution >= 0.6 is 0 Å². The highest BCUT2D eigenvalue weighted by molar-refractivity contribution is 5.51. The number of halogens is 1. The van der Waals surface area contributed by atoms with Crippen LogP contribution in [-0.4, -0.2) is 12.0 Å². The fraction of sp³-hybridized carbons (Fsp3) is 0.143. The van der Waals surface area contributed by atoms with E-state index in [9.17, 15) is 14.5 Å². The molecule has 0 aliphatic carbocycles. The second kappa shape index (κ2) is 6.19. The molecule has 0 aliphatic heterocycles. The van der Waals surface area contributed by atoms with Crippen molar-refractivity contribution in [3.8, 4) is 17.2 Å². The van der Waals surface area contributed by atoms with Gasteiger partial charge < -0.3 is 15.2 Å². The lowest BCUT2D eigenvalue weighted by Crippen LogP contribution is -2.02. The third kappa shape index (κ3) is 3.09. The van der Waals surface area contributed by atoms with E-state index >= 15 is 0 Å². The molecule has 0 aliphatic rings. The van der Waals surface area contributed by atoms with Crippen molar-refractivity contribution in [3.05, 3.63) is 57.9 Å². The first-order valence-electron chi connectivity index (χ1n) is 6.04. The number of hydrogen-bond acceptors (Lipinski definition) is 5. The Bertz CT molecular complexity index is 676. The highest BCUT2D eigenvalue weighted by atomic mass is 19.1. The molecule has 2 aromatic rings. The molecule has 0 unspecified atom stereocenters. The molecule has 0 saturated carbocycles. The van der Waals surface area contributed by atoms with Crippen LogP contribution in [0.2, 0.25) is 0 Å². The van der Waals surface area contributed by atoms with Crippen molar-refractivity contribution in [2.75, 3.05) is 7.11 Å². The number of nitrogens with zero attached hydrogens (tertiary/aromatic N) is 1. The molecule has 0 fully saturated rings. The van der Waals surface area contributed by atoms with Crippen LogP contribution in [0.15, 0.2) is 36.4 Å². The lowest BCUT2D eigenvalue weighted by Gasteiger charge is -2.13. The molecule has 110 valence electrons. The van der Waals surface area contributed by atoms with Crippen LogP contribution in [0, 0.1) is 15.9 Å². The van der Waals surface area contributed by atoms with Gasteiger partial charge in [0, 0.05) is 18.2 Å². The Kier molecular flexibility index (Phi) is 4.34. The zero-order valence-corrected chi connectivity index (χ0v) is 11.2. The van der Waals surface area contributed by atoms with Crippen LogP contribution < -0.4 is 15.2 Å². The molecule has 0 bridgehead atoms. The van der Waals surface area contributed by atoms with E-state index in [1.165, 1.54) is 37.4 Å². The SMILES string of the molecule is COc1ccc([N+](=O)[O-])cc1Oc1c(F)cccc1CN. The predicted octanol–water partition coefficient (Wildman–Crippen LogP) is 2.99. The van der Waals surface area contributed by atoms with Gasteiger partial charge in [-0.25, -0.2) is 4.39 Å². The molecular weight excluding hydrogens is 279 g/mol. The molecule has 0 atom stereocenters. The normalized spacial score (nSPS) is 10.2. The van der Waals surface area contributed by atoms with Gasteiger partial charge in [0.25, 0.3) is 5.69 Å². The van der Waals surface area contributed by atoms with Gasteiger partial charge in [-0.15, -0.1) is 0 Å². The second-order valence-corrected chi connectivity index (χ2v) is 4.13. The summed E-state index contributed by atoms with van der Waals surface area (Å²) >= 11 is 0. The number of hydrogen-bond donors (Lipinski definition) is 1. The van der Waals surface area contributed by atoms with E-state index in [-0.39, 0.29) is 29.5 Å². The molecule has 0 aromatic heterocycles. The summed E-state index contributed by atoms with van der Waals surface area (Å²) in [6.07, 6.45) is 0. The minimum absolute atomic E-state index is 0.0477. The van der Waals surface area contributed by atoms with E-state index in [1.807, 2.05) is 0 Å². The molecule has 0 amide bonds. The van der Waals surface area contributed by atoms with Gasteiger partial charge in [0.05, 0.1) is 18.1 Å². The molecule has 6 nitrogen and oxygen atoms in total. The second-order valence-electron chi connectivity index (χ2n) is 4.13. The van der Waals surface area contributed by atoms with E-state index < -0.39 is 10.7 Å². The quantitative estimate of drug-likeness (QED) is 0.676. The van der Waals surface area contributed by atoms with Gasteiger partial charge in [0.15, 0.2) is 23.1 Å². The Balaban J connectivity index is 2.48. The summed E-state index contributed by atoms with van der Waals surface area (Å²) in [5.41, 5.74) is 5.80. The summed E-state index contributed by atoms with van der Waals surface area (Å²) in [6, 6.07) is 8.18. The molecule has 2 aromatic carbocycles. The van der Waals surface area contributed by atoms with Gasteiger partial charge >= 0.3 is 0 Å². The summed E-state index contributed by atoms with van der Waals surface area (Å²) in [4.78, 5) is 10.2. The van der Waals surface area contributed by atoms with Gasteiger partial charge in [-0.05, 0) is 12.1 Å². The average Bonchev–Trinajstić information content (AvgIpc) is 2.49. The van der Waals surface area contributed by atoms with Crippen LogP contribution in [0.25, 0.3) is 0 Å². The van der Waals surface area contributed by atoms with Gasteiger partial charge in [-0.2, -0.15) is 0 Å². The summed E-state index contributed by atoms with van der Waals surface area (Å²) in [5.74, 6) is -0.372. The van der Waals surface area contributed by atoms with E-state index in [0.29, 0.717) is 5.56 Å². The number of ether oxygens (including phenoxy) is 2. The number of methoxy groups -OCH3 is 1. The van der Waals surface area contributed by atoms with Crippen molar-refractivity contribution >= 4 is 5.69 Å². The average molecular weight is 292 g/mol. The molecule has 2 N–H and O–H groups in total. The highest BCUT2D eigenvalue weighted by Gasteiger charge is 2.16. The van der Waals surface area contributed by atoms with Crippen LogP contribution in [0.1, 0.15) is 5.56 Å². The third-order valence-corrected chi connectivity index (χ3v) is 2.84. The van der Waals surface area contributed by atoms with Crippen LogP contribution in [0.4, 0.5) is 10.1 Å². The van der Waals surface area contributed by atoms with Crippen molar-refractivity contribution in [3.63, 3.8) is 0 Å². The maximum Gasteiger partial charge on any atom is 0.273 e. The first kappa shape index (κ1) is 14.7. The molecule has 7 heteroatoms. The van der Waals surface area contributed by atoms with Gasteiger partial charge in [0.2, 0.25) is 0 Å². The van der Waals surface area contributed by atoms with Crippen LogP contribution in [0.5, 0.6) is 17.2 Å². The Morgan fingerprint density at radius 2 is 2.05 bits per heavy atom. The van der Waals surface area contributed by atoms with Gasteiger partial charge in [0.1, 0.15) is 0 Å². The maximum absolute atomic E-state index is 13.9. The first-order valence-corrected chi connectivity index (χ1v) is 6.04. The van der Waals surface area contributed by atoms with Crippen molar-refractivity contribution in [2.45, 2.75) is 6.54 Å². The fourth-order valence-corrected chi connectivity index (χ4v) is 1.80. The first-order chi connectivity index (χ1) is 10.1. The molecule has 0 heterocycles. The van der Waals surface area contributed by atoms with Crippen molar-refractivity contribution in [1.82, 2.24) is 0 Å². The summed E-state index contributed by atoms with van der Waals surface area (Å²) < 4.78 is 24.4. The zero-order chi connectivity index (χ0) is 15.4. The number of nitrogens with two attached hydrogens (primary N) is 1. The molecule has 0 saturated heterocycles. The molecule has 0 spiro atoms. The standard InChI is InChI=1S/C14H13FN2O4/c1-20-12-6-5-10(17(18)19)7-13(12)21-14-9(8-16)3-2-4-11(14)15/h2-7H,8,16H2,1H3. The molecule has 21 heavy (non-hydrogen) atoms. The molecule has 2 rings (SSSR count). The minimum Gasteiger partial charge on any atom is -0.493 e. The number of nitro benzene ring substituents is 1. The Morgan fingerprint density at radius 1 is 1.29 bits per heavy atom. The monoisotopic (exact) mass is 292 g/mol. The third-order valence-electron chi connectivity index (χ3n) is 2.84. The lowest BCUT2D eigenvalue weighted by molar-refractivity contribution is -0.384. The van der Waals surface area contributed by atoms with Gasteiger partial charge in [-0.3, -0.25) is 10.1 Å². The number of nitro groups is 1. The topological polar surface area (TPSA) is 87.6 Å². The maximum atomic E-state index is 13.9. The number of rotatable bonds is 5. The lowest BCUT2D eigenvalue weighted by atomic mass is 10.2. The Hall–Kier alpha value is -2.67. The number of benzene rings is 2. The van der Waals surface area contributed by atoms with Crippen molar-refractivity contribution in [1.29, 1.82) is 0 Å². The fourth-order valence-electron chi connectivity index (χ4n) is 1.80. The van der Waals surface area contributed by atoms with Crippen molar-refractivity contribution < 1.29 is 18.8 Å². The minimum atomic E-state index is -0.605. The van der Waals surface area contributed by atoms with Crippen molar-refractivity contribution in [2.24, 2.45) is 5.73 Å². The predicted molar refractivity (Wildman–Crippen MR) is 74.0 cm³/mol. The summed E-state index contributed by atoms with van der Waals surface area (Å²) in [5, 5.41) is 10.8. The van der Waals surface area contributed by atoms with E-state index in [2.05, 4.69) is 0 Å². The number of non-ortho nitro benzene ring substituents is 1. The summed E-state index contributed by atoms with van der Waals surface area (Å²) in [7, 11) is 1.39. The van der Waals surface area contributed by atoms with E-state index in [4.69, 9.17) is 15.2 Å². The summed E-state index contributed by atoms with van der Waals surface area (Å²) in [6.45, 7) is 0.0737. The van der Waals surface area contributed by atoms with Crippen LogP contribution in [-0.2, 0) is 6.54 Å². The Labute approximate surface area is 120 Å². The van der Waals surface area contributed by atoms with Crippen LogP contribution in [0.3, 0.4) is 0 Å². The molecular formula is C14H13FN2O4. The van der Waals surface area contributed by atoms with E-state index in [0.717, 1.165) is 0 Å². The van der Waals surface area contributed by atoms with Gasteiger partial charge in [-0.1, -0.05) is 12.1 Å². The highest BCUT2D eigenvalue weighted by Crippen LogP contribution is 2.36. The smallest absolute Gasteiger partial charge is 0.273 e. The Morgan fingerprint density at radius 3 is 2.67 bits per heavy atom. The number of para-hydroxylation sites is 1.